The van der Waals surface area contributed by atoms with Crippen LogP contribution in [0.15, 0.2) is 54.9 Å². The molecule has 0 radical (unpaired) electrons. The number of hydrazine groups is 1. The summed E-state index contributed by atoms with van der Waals surface area (Å²) in [7, 11) is 0. The summed E-state index contributed by atoms with van der Waals surface area (Å²) < 4.78 is 0. The second kappa shape index (κ2) is 5.64. The molecular weight excluding hydrogens is 258 g/mol. The van der Waals surface area contributed by atoms with Crippen molar-refractivity contribution in [2.24, 2.45) is 5.84 Å². The average Bonchev–Trinajstić information content (AvgIpc) is 2.52. The van der Waals surface area contributed by atoms with Crippen LogP contribution >= 0.6 is 0 Å². The number of rotatable bonds is 3. The van der Waals surface area contributed by atoms with E-state index in [2.05, 4.69) is 54.6 Å². The molecule has 3 heteroatoms. The molecule has 1 atom stereocenters. The third kappa shape index (κ3) is 2.53. The largest absolute Gasteiger partial charge is 0.271 e. The zero-order valence-corrected chi connectivity index (χ0v) is 12.3. The second-order valence-corrected chi connectivity index (χ2v) is 5.39. The van der Waals surface area contributed by atoms with Crippen molar-refractivity contribution >= 4 is 10.8 Å². The van der Waals surface area contributed by atoms with Crippen molar-refractivity contribution in [1.82, 2.24) is 10.4 Å². The highest BCUT2D eigenvalue weighted by Crippen LogP contribution is 2.28. The van der Waals surface area contributed by atoms with Crippen LogP contribution in [0.1, 0.15) is 28.3 Å². The molecule has 3 N–H and O–H groups in total. The van der Waals surface area contributed by atoms with Gasteiger partial charge in [0.05, 0.1) is 6.04 Å². The Balaban J connectivity index is 2.16. The number of nitrogens with zero attached hydrogens (tertiary/aromatic N) is 1. The summed E-state index contributed by atoms with van der Waals surface area (Å²) in [4.78, 5) is 4.35. The summed E-state index contributed by atoms with van der Waals surface area (Å²) in [5.74, 6) is 5.84. The molecule has 0 bridgehead atoms. The standard InChI is InChI=1S/C18H19N3/c1-12-7-8-14(9-13(12)2)18(21-19)17-11-20-10-15-5-3-4-6-16(15)17/h3-11,18,21H,19H2,1-2H3. The molecule has 0 spiro atoms. The van der Waals surface area contributed by atoms with E-state index in [1.165, 1.54) is 16.5 Å². The van der Waals surface area contributed by atoms with E-state index in [1.54, 1.807) is 0 Å². The molecule has 0 saturated carbocycles. The number of hydrogen-bond donors (Lipinski definition) is 2. The lowest BCUT2D eigenvalue weighted by Crippen LogP contribution is -2.29. The number of aromatic nitrogens is 1. The molecule has 21 heavy (non-hydrogen) atoms. The van der Waals surface area contributed by atoms with Crippen molar-refractivity contribution in [2.75, 3.05) is 0 Å². The Morgan fingerprint density at radius 2 is 1.81 bits per heavy atom. The SMILES string of the molecule is Cc1ccc(C(NN)c2cncc3ccccc23)cc1C. The van der Waals surface area contributed by atoms with Gasteiger partial charge in [-0.05, 0) is 35.9 Å². The molecule has 3 nitrogen and oxygen atoms in total. The number of nitrogens with two attached hydrogens (primary N) is 1. The van der Waals surface area contributed by atoms with Crippen LogP contribution in [0.4, 0.5) is 0 Å². The van der Waals surface area contributed by atoms with Gasteiger partial charge in [-0.25, -0.2) is 5.43 Å². The Labute approximate surface area is 124 Å². The van der Waals surface area contributed by atoms with Gasteiger partial charge < -0.3 is 0 Å². The number of fused-ring (bicyclic) bond motifs is 1. The highest BCUT2D eigenvalue weighted by molar-refractivity contribution is 5.85. The zero-order valence-electron chi connectivity index (χ0n) is 12.3. The number of pyridine rings is 1. The number of aryl methyl sites for hydroxylation is 2. The van der Waals surface area contributed by atoms with Crippen molar-refractivity contribution in [3.05, 3.63) is 77.1 Å². The van der Waals surface area contributed by atoms with E-state index >= 15 is 0 Å². The van der Waals surface area contributed by atoms with Crippen molar-refractivity contribution in [2.45, 2.75) is 19.9 Å². The Kier molecular flexibility index (Phi) is 3.69. The first-order valence-electron chi connectivity index (χ1n) is 7.06. The van der Waals surface area contributed by atoms with Crippen molar-refractivity contribution < 1.29 is 0 Å². The minimum Gasteiger partial charge on any atom is -0.271 e. The zero-order chi connectivity index (χ0) is 14.8. The summed E-state index contributed by atoms with van der Waals surface area (Å²) in [6, 6.07) is 14.6. The second-order valence-electron chi connectivity index (χ2n) is 5.39. The normalized spacial score (nSPS) is 12.5. The third-order valence-corrected chi connectivity index (χ3v) is 4.04. The Morgan fingerprint density at radius 1 is 1.00 bits per heavy atom. The van der Waals surface area contributed by atoms with E-state index in [0.29, 0.717) is 0 Å². The van der Waals surface area contributed by atoms with Crippen LogP contribution in [0.25, 0.3) is 10.8 Å². The van der Waals surface area contributed by atoms with Crippen LogP contribution in [0.5, 0.6) is 0 Å². The Hall–Kier alpha value is -2.23. The Bertz CT molecular complexity index is 775. The quantitative estimate of drug-likeness (QED) is 0.570. The van der Waals surface area contributed by atoms with Gasteiger partial charge >= 0.3 is 0 Å². The van der Waals surface area contributed by atoms with Gasteiger partial charge in [0.1, 0.15) is 0 Å². The van der Waals surface area contributed by atoms with Gasteiger partial charge in [0.2, 0.25) is 0 Å². The van der Waals surface area contributed by atoms with Crippen LogP contribution in [0.2, 0.25) is 0 Å². The molecule has 0 amide bonds. The van der Waals surface area contributed by atoms with Crippen LogP contribution in [-0.4, -0.2) is 4.98 Å². The molecule has 106 valence electrons. The smallest absolute Gasteiger partial charge is 0.0731 e. The maximum Gasteiger partial charge on any atom is 0.0731 e. The first kappa shape index (κ1) is 13.7. The van der Waals surface area contributed by atoms with Gasteiger partial charge in [-0.15, -0.1) is 0 Å². The predicted octanol–water partition coefficient (Wildman–Crippen LogP) is 3.40. The molecule has 0 aliphatic carbocycles. The third-order valence-electron chi connectivity index (χ3n) is 4.04. The molecule has 1 unspecified atom stereocenters. The van der Waals surface area contributed by atoms with Crippen LogP contribution < -0.4 is 11.3 Å². The minimum absolute atomic E-state index is 0.0668. The first-order chi connectivity index (χ1) is 10.2. The van der Waals surface area contributed by atoms with E-state index in [0.717, 1.165) is 16.5 Å². The predicted molar refractivity (Wildman–Crippen MR) is 86.8 cm³/mol. The van der Waals surface area contributed by atoms with Gasteiger partial charge in [0.15, 0.2) is 0 Å². The average molecular weight is 277 g/mol. The summed E-state index contributed by atoms with van der Waals surface area (Å²) in [6.45, 7) is 4.23. The van der Waals surface area contributed by atoms with Gasteiger partial charge in [0.25, 0.3) is 0 Å². The van der Waals surface area contributed by atoms with E-state index in [-0.39, 0.29) is 6.04 Å². The van der Waals surface area contributed by atoms with Crippen LogP contribution in [-0.2, 0) is 0 Å². The fraction of sp³-hybridized carbons (Fsp3) is 0.167. The van der Waals surface area contributed by atoms with Gasteiger partial charge in [0, 0.05) is 23.3 Å². The molecule has 0 fully saturated rings. The van der Waals surface area contributed by atoms with E-state index < -0.39 is 0 Å². The van der Waals surface area contributed by atoms with E-state index in [9.17, 15) is 0 Å². The lowest BCUT2D eigenvalue weighted by Gasteiger charge is -2.19. The molecule has 1 aromatic heterocycles. The van der Waals surface area contributed by atoms with E-state index in [4.69, 9.17) is 5.84 Å². The summed E-state index contributed by atoms with van der Waals surface area (Å²) >= 11 is 0. The molecule has 0 saturated heterocycles. The van der Waals surface area contributed by atoms with Gasteiger partial charge in [-0.2, -0.15) is 0 Å². The minimum atomic E-state index is -0.0668. The molecule has 0 aliphatic heterocycles. The fourth-order valence-corrected chi connectivity index (χ4v) is 2.68. The maximum atomic E-state index is 5.84. The summed E-state index contributed by atoms with van der Waals surface area (Å²) in [5.41, 5.74) is 7.73. The van der Waals surface area contributed by atoms with Crippen molar-refractivity contribution in [3.63, 3.8) is 0 Å². The fourth-order valence-electron chi connectivity index (χ4n) is 2.68. The molecule has 2 aromatic carbocycles. The van der Waals surface area contributed by atoms with Gasteiger partial charge in [-0.1, -0.05) is 42.5 Å². The topological polar surface area (TPSA) is 50.9 Å². The first-order valence-corrected chi connectivity index (χ1v) is 7.06. The van der Waals surface area contributed by atoms with E-state index in [1.807, 2.05) is 24.5 Å². The van der Waals surface area contributed by atoms with Crippen LogP contribution in [0, 0.1) is 13.8 Å². The summed E-state index contributed by atoms with van der Waals surface area (Å²) in [5, 5.41) is 2.30. The molecular formula is C18H19N3. The van der Waals surface area contributed by atoms with Crippen molar-refractivity contribution in [3.8, 4) is 0 Å². The lowest BCUT2D eigenvalue weighted by molar-refractivity contribution is 0.638. The number of hydrogen-bond acceptors (Lipinski definition) is 3. The molecule has 0 aliphatic rings. The van der Waals surface area contributed by atoms with Crippen molar-refractivity contribution in [1.29, 1.82) is 0 Å². The summed E-state index contributed by atoms with van der Waals surface area (Å²) in [6.07, 6.45) is 3.77. The highest BCUT2D eigenvalue weighted by Gasteiger charge is 2.16. The number of benzene rings is 2. The maximum absolute atomic E-state index is 5.84. The highest BCUT2D eigenvalue weighted by atomic mass is 15.2. The number of nitrogens with one attached hydrogen (secondary N) is 1. The molecule has 3 rings (SSSR count). The Morgan fingerprint density at radius 3 is 2.57 bits per heavy atom. The monoisotopic (exact) mass is 277 g/mol. The molecule has 3 aromatic rings. The van der Waals surface area contributed by atoms with Gasteiger partial charge in [-0.3, -0.25) is 10.8 Å². The molecule has 1 heterocycles. The lowest BCUT2D eigenvalue weighted by atomic mass is 9.94. The van der Waals surface area contributed by atoms with Crippen LogP contribution in [0.3, 0.4) is 0 Å².